The van der Waals surface area contributed by atoms with Gasteiger partial charge in [-0.05, 0) is 56.0 Å². The molecule has 0 radical (unpaired) electrons. The Balaban J connectivity index is 1.66. The highest BCUT2D eigenvalue weighted by molar-refractivity contribution is 5.85. The molecule has 1 fully saturated rings. The molecule has 22 heavy (non-hydrogen) atoms. The molecule has 116 valence electrons. The van der Waals surface area contributed by atoms with Crippen molar-refractivity contribution in [3.8, 4) is 0 Å². The average molecular weight is 302 g/mol. The Kier molecular flexibility index (Phi) is 3.18. The summed E-state index contributed by atoms with van der Waals surface area (Å²) in [6, 6.07) is 5.00. The molecule has 1 aromatic heterocycles. The lowest BCUT2D eigenvalue weighted by atomic mass is 9.95. The summed E-state index contributed by atoms with van der Waals surface area (Å²) in [6.45, 7) is 3.11. The maximum atomic E-state index is 13.5. The van der Waals surface area contributed by atoms with Gasteiger partial charge in [0.25, 0.3) is 0 Å². The van der Waals surface area contributed by atoms with E-state index in [0.717, 1.165) is 36.0 Å². The Hall–Kier alpha value is -1.88. The van der Waals surface area contributed by atoms with Gasteiger partial charge in [0.15, 0.2) is 0 Å². The van der Waals surface area contributed by atoms with Gasteiger partial charge in [0.1, 0.15) is 5.82 Å². The molecule has 3 unspecified atom stereocenters. The van der Waals surface area contributed by atoms with Crippen LogP contribution in [0.15, 0.2) is 18.2 Å². The van der Waals surface area contributed by atoms with Gasteiger partial charge in [-0.2, -0.15) is 0 Å². The molecular weight excluding hydrogens is 283 g/mol. The Bertz CT molecular complexity index is 740. The molecule has 3 atom stereocenters. The largest absolute Gasteiger partial charge is 0.466 e. The van der Waals surface area contributed by atoms with E-state index in [2.05, 4.69) is 10.3 Å². The summed E-state index contributed by atoms with van der Waals surface area (Å²) >= 11 is 0. The lowest BCUT2D eigenvalue weighted by molar-refractivity contribution is -0.145. The number of aromatic nitrogens is 1. The predicted molar refractivity (Wildman–Crippen MR) is 80.9 cm³/mol. The number of fused-ring (bicyclic) bond motifs is 3. The summed E-state index contributed by atoms with van der Waals surface area (Å²) < 4.78 is 18.6. The van der Waals surface area contributed by atoms with Crippen LogP contribution >= 0.6 is 0 Å². The van der Waals surface area contributed by atoms with Crippen molar-refractivity contribution < 1.29 is 13.9 Å². The second kappa shape index (κ2) is 5.09. The van der Waals surface area contributed by atoms with Gasteiger partial charge < -0.3 is 15.0 Å². The van der Waals surface area contributed by atoms with Crippen LogP contribution in [0.5, 0.6) is 0 Å². The fraction of sp³-hybridized carbons (Fsp3) is 0.471. The number of H-pyrrole nitrogens is 1. The zero-order valence-corrected chi connectivity index (χ0v) is 12.5. The molecule has 0 bridgehead atoms. The lowest BCUT2D eigenvalue weighted by Crippen LogP contribution is -2.32. The van der Waals surface area contributed by atoms with Crippen LogP contribution < -0.4 is 5.32 Å². The summed E-state index contributed by atoms with van der Waals surface area (Å²) in [5.41, 5.74) is 3.27. The first kappa shape index (κ1) is 13.8. The van der Waals surface area contributed by atoms with Crippen LogP contribution in [0, 0.1) is 17.7 Å². The highest BCUT2D eigenvalue weighted by Crippen LogP contribution is 2.50. The van der Waals surface area contributed by atoms with Crippen LogP contribution in [0.2, 0.25) is 0 Å². The monoisotopic (exact) mass is 302 g/mol. The van der Waals surface area contributed by atoms with E-state index in [9.17, 15) is 9.18 Å². The van der Waals surface area contributed by atoms with E-state index in [4.69, 9.17) is 4.74 Å². The predicted octanol–water partition coefficient (Wildman–Crippen LogP) is 2.69. The van der Waals surface area contributed by atoms with E-state index in [-0.39, 0.29) is 29.7 Å². The average Bonchev–Trinajstić information content (AvgIpc) is 3.22. The minimum absolute atomic E-state index is 0.00783. The number of aromatic amines is 1. The van der Waals surface area contributed by atoms with Crippen molar-refractivity contribution in [2.24, 2.45) is 11.8 Å². The summed E-state index contributed by atoms with van der Waals surface area (Å²) in [5, 5.41) is 4.47. The molecule has 1 aliphatic heterocycles. The van der Waals surface area contributed by atoms with Gasteiger partial charge in [-0.3, -0.25) is 4.79 Å². The molecular formula is C17H19FN2O2. The quantitative estimate of drug-likeness (QED) is 0.857. The van der Waals surface area contributed by atoms with Gasteiger partial charge in [0, 0.05) is 16.6 Å². The molecule has 5 heteroatoms. The van der Waals surface area contributed by atoms with E-state index in [1.807, 2.05) is 6.92 Å². The van der Waals surface area contributed by atoms with Gasteiger partial charge in [-0.25, -0.2) is 4.39 Å². The first-order valence-electron chi connectivity index (χ1n) is 7.89. The van der Waals surface area contributed by atoms with Crippen molar-refractivity contribution in [3.05, 3.63) is 35.3 Å². The number of rotatable bonds is 3. The van der Waals surface area contributed by atoms with Crippen LogP contribution in [-0.4, -0.2) is 24.1 Å². The summed E-state index contributed by atoms with van der Waals surface area (Å²) in [7, 11) is 0. The fourth-order valence-electron chi connectivity index (χ4n) is 3.70. The minimum Gasteiger partial charge on any atom is -0.466 e. The maximum absolute atomic E-state index is 13.5. The maximum Gasteiger partial charge on any atom is 0.309 e. The van der Waals surface area contributed by atoms with Crippen molar-refractivity contribution in [2.45, 2.75) is 25.8 Å². The van der Waals surface area contributed by atoms with Crippen LogP contribution in [0.1, 0.15) is 30.6 Å². The molecule has 4 rings (SSSR count). The Morgan fingerprint density at radius 3 is 3.14 bits per heavy atom. The molecule has 1 saturated carbocycles. The van der Waals surface area contributed by atoms with Crippen molar-refractivity contribution in [2.75, 3.05) is 13.2 Å². The van der Waals surface area contributed by atoms with E-state index in [1.165, 1.54) is 11.6 Å². The SMILES string of the molecule is CCOC(=O)C1CC1C1NCCc2c1[nH]c1ccc(F)cc21. The molecule has 1 aromatic carbocycles. The second-order valence-corrected chi connectivity index (χ2v) is 6.15. The number of carbonyl (C=O) groups is 1. The topological polar surface area (TPSA) is 54.1 Å². The number of hydrogen-bond acceptors (Lipinski definition) is 3. The third kappa shape index (κ3) is 2.11. The molecule has 1 aliphatic carbocycles. The molecule has 2 aliphatic rings. The zero-order chi connectivity index (χ0) is 15.3. The number of ether oxygens (including phenoxy) is 1. The van der Waals surface area contributed by atoms with Crippen molar-refractivity contribution in [3.63, 3.8) is 0 Å². The van der Waals surface area contributed by atoms with E-state index < -0.39 is 0 Å². The zero-order valence-electron chi connectivity index (χ0n) is 12.5. The van der Waals surface area contributed by atoms with E-state index in [0.29, 0.717) is 6.61 Å². The smallest absolute Gasteiger partial charge is 0.309 e. The lowest BCUT2D eigenvalue weighted by Gasteiger charge is -2.24. The number of benzene rings is 1. The van der Waals surface area contributed by atoms with Gasteiger partial charge in [-0.15, -0.1) is 0 Å². The highest BCUT2D eigenvalue weighted by atomic mass is 19.1. The standard InChI is InChI=1S/C17H19FN2O2/c1-2-22-17(21)13-8-12(13)15-16-10(5-6-19-15)11-7-9(18)3-4-14(11)20-16/h3-4,7,12-13,15,19-20H,2,5-6,8H2,1H3. The molecule has 2 aromatic rings. The first-order chi connectivity index (χ1) is 10.7. The number of hydrogen-bond donors (Lipinski definition) is 2. The van der Waals surface area contributed by atoms with E-state index >= 15 is 0 Å². The van der Waals surface area contributed by atoms with E-state index in [1.54, 1.807) is 12.1 Å². The molecule has 2 heterocycles. The first-order valence-corrected chi connectivity index (χ1v) is 7.89. The third-order valence-electron chi connectivity index (χ3n) is 4.81. The molecule has 2 N–H and O–H groups in total. The number of carbonyl (C=O) groups excluding carboxylic acids is 1. The molecule has 0 spiro atoms. The van der Waals surface area contributed by atoms with Gasteiger partial charge in [0.05, 0.1) is 18.6 Å². The normalized spacial score (nSPS) is 26.7. The molecule has 4 nitrogen and oxygen atoms in total. The van der Waals surface area contributed by atoms with Gasteiger partial charge in [0.2, 0.25) is 0 Å². The second-order valence-electron chi connectivity index (χ2n) is 6.15. The summed E-state index contributed by atoms with van der Waals surface area (Å²) in [4.78, 5) is 15.3. The van der Waals surface area contributed by atoms with Crippen molar-refractivity contribution >= 4 is 16.9 Å². The van der Waals surface area contributed by atoms with Crippen LogP contribution in [0.4, 0.5) is 4.39 Å². The summed E-state index contributed by atoms with van der Waals surface area (Å²) in [5.74, 6) is -0.0358. The Morgan fingerprint density at radius 2 is 2.32 bits per heavy atom. The number of nitrogens with one attached hydrogen (secondary N) is 2. The number of halogens is 1. The molecule has 0 saturated heterocycles. The van der Waals surface area contributed by atoms with Crippen LogP contribution in [0.25, 0.3) is 10.9 Å². The van der Waals surface area contributed by atoms with Crippen molar-refractivity contribution in [1.82, 2.24) is 10.3 Å². The van der Waals surface area contributed by atoms with Gasteiger partial charge >= 0.3 is 5.97 Å². The number of esters is 1. The van der Waals surface area contributed by atoms with Crippen LogP contribution in [0.3, 0.4) is 0 Å². The minimum atomic E-state index is -0.208. The van der Waals surface area contributed by atoms with Crippen molar-refractivity contribution in [1.29, 1.82) is 0 Å². The highest BCUT2D eigenvalue weighted by Gasteiger charge is 2.50. The Labute approximate surface area is 128 Å². The fourth-order valence-corrected chi connectivity index (χ4v) is 3.70. The van der Waals surface area contributed by atoms with Crippen LogP contribution in [-0.2, 0) is 16.0 Å². The Morgan fingerprint density at radius 1 is 1.45 bits per heavy atom. The van der Waals surface area contributed by atoms with Gasteiger partial charge in [-0.1, -0.05) is 0 Å². The molecule has 0 amide bonds. The third-order valence-corrected chi connectivity index (χ3v) is 4.81. The summed E-state index contributed by atoms with van der Waals surface area (Å²) in [6.07, 6.45) is 1.74.